The summed E-state index contributed by atoms with van der Waals surface area (Å²) in [4.78, 5) is 8.21. The molecule has 2 aromatic heterocycles. The molecule has 0 aliphatic rings. The summed E-state index contributed by atoms with van der Waals surface area (Å²) < 4.78 is 23.7. The van der Waals surface area contributed by atoms with Crippen molar-refractivity contribution in [2.24, 2.45) is 0 Å². The van der Waals surface area contributed by atoms with Gasteiger partial charge in [0.1, 0.15) is 20.8 Å². The number of aromatic nitrogens is 4. The van der Waals surface area contributed by atoms with Crippen molar-refractivity contribution in [1.82, 2.24) is 19.7 Å². The van der Waals surface area contributed by atoms with Crippen molar-refractivity contribution in [3.63, 3.8) is 0 Å². The summed E-state index contributed by atoms with van der Waals surface area (Å²) in [7, 11) is -3.03. The van der Waals surface area contributed by atoms with Crippen LogP contribution in [0.15, 0.2) is 6.20 Å². The van der Waals surface area contributed by atoms with Crippen molar-refractivity contribution in [2.75, 3.05) is 12.0 Å². The van der Waals surface area contributed by atoms with E-state index in [1.807, 2.05) is 0 Å². The van der Waals surface area contributed by atoms with Gasteiger partial charge >= 0.3 is 0 Å². The Bertz CT molecular complexity index is 665. The van der Waals surface area contributed by atoms with E-state index >= 15 is 0 Å². The molecule has 0 radical (unpaired) electrons. The highest BCUT2D eigenvalue weighted by molar-refractivity contribution is 7.90. The lowest BCUT2D eigenvalue weighted by molar-refractivity contribution is 0.588. The van der Waals surface area contributed by atoms with Gasteiger partial charge in [-0.3, -0.25) is 0 Å². The van der Waals surface area contributed by atoms with Gasteiger partial charge < -0.3 is 0 Å². The Hall–Kier alpha value is -1.21. The lowest BCUT2D eigenvalue weighted by Crippen LogP contribution is -2.12. The van der Waals surface area contributed by atoms with Crippen molar-refractivity contribution < 1.29 is 8.42 Å². The SMILES string of the molecule is Cc1nc(Cl)c2cnn(CCS(C)(=O)=O)c2n1. The molecule has 0 fully saturated rings. The van der Waals surface area contributed by atoms with Gasteiger partial charge in [0.25, 0.3) is 0 Å². The minimum Gasteiger partial charge on any atom is -0.246 e. The van der Waals surface area contributed by atoms with Gasteiger partial charge in [0.05, 0.1) is 23.9 Å². The summed E-state index contributed by atoms with van der Waals surface area (Å²) in [6.07, 6.45) is 2.73. The topological polar surface area (TPSA) is 77.7 Å². The molecule has 0 aliphatic carbocycles. The number of sulfone groups is 1. The quantitative estimate of drug-likeness (QED) is 0.775. The standard InChI is InChI=1S/C9H11ClN4O2S/c1-6-12-8(10)7-5-11-14(9(7)13-6)3-4-17(2,15)16/h5H,3-4H2,1-2H3. The number of aryl methyl sites for hydroxylation is 2. The average molecular weight is 275 g/mol. The first-order valence-corrected chi connectivity index (χ1v) is 7.34. The third kappa shape index (κ3) is 2.73. The van der Waals surface area contributed by atoms with Crippen LogP contribution in [0.1, 0.15) is 5.82 Å². The molecule has 0 unspecified atom stereocenters. The van der Waals surface area contributed by atoms with E-state index in [1.54, 1.807) is 13.1 Å². The molecule has 0 bridgehead atoms. The highest BCUT2D eigenvalue weighted by Crippen LogP contribution is 2.19. The Morgan fingerprint density at radius 2 is 2.12 bits per heavy atom. The van der Waals surface area contributed by atoms with Gasteiger partial charge in [0.2, 0.25) is 0 Å². The fourth-order valence-electron chi connectivity index (χ4n) is 1.44. The van der Waals surface area contributed by atoms with Gasteiger partial charge in [-0.25, -0.2) is 23.1 Å². The fourth-order valence-corrected chi connectivity index (χ4v) is 2.20. The Morgan fingerprint density at radius 1 is 1.41 bits per heavy atom. The predicted molar refractivity (Wildman–Crippen MR) is 64.8 cm³/mol. The number of nitrogens with zero attached hydrogens (tertiary/aromatic N) is 4. The van der Waals surface area contributed by atoms with Gasteiger partial charge in [-0.1, -0.05) is 11.6 Å². The van der Waals surface area contributed by atoms with Crippen LogP contribution in [0.3, 0.4) is 0 Å². The normalized spacial score (nSPS) is 12.2. The molecule has 0 spiro atoms. The second kappa shape index (κ2) is 4.23. The van der Waals surface area contributed by atoms with Gasteiger partial charge in [-0.05, 0) is 6.92 Å². The maximum Gasteiger partial charge on any atom is 0.163 e. The van der Waals surface area contributed by atoms with Gasteiger partial charge in [0.15, 0.2) is 5.65 Å². The van der Waals surface area contributed by atoms with E-state index in [1.165, 1.54) is 10.9 Å². The third-order valence-corrected chi connectivity index (χ3v) is 3.45. The second-order valence-corrected chi connectivity index (χ2v) is 6.41. The van der Waals surface area contributed by atoms with Gasteiger partial charge in [0, 0.05) is 6.26 Å². The number of hydrogen-bond donors (Lipinski definition) is 0. The Labute approximate surface area is 104 Å². The van der Waals surface area contributed by atoms with Crippen molar-refractivity contribution >= 4 is 32.5 Å². The first-order chi connectivity index (χ1) is 7.87. The summed E-state index contributed by atoms with van der Waals surface area (Å²) in [6.45, 7) is 1.98. The predicted octanol–water partition coefficient (Wildman–Crippen LogP) is 0.833. The minimum atomic E-state index is -3.03. The van der Waals surface area contributed by atoms with Gasteiger partial charge in [-0.2, -0.15) is 5.10 Å². The minimum absolute atomic E-state index is 0.0183. The van der Waals surface area contributed by atoms with Crippen LogP contribution in [0.4, 0.5) is 0 Å². The third-order valence-electron chi connectivity index (χ3n) is 2.24. The molecule has 0 amide bonds. The van der Waals surface area contributed by atoms with Crippen LogP contribution in [0.2, 0.25) is 5.15 Å². The number of rotatable bonds is 3. The lowest BCUT2D eigenvalue weighted by atomic mass is 10.4. The summed E-state index contributed by atoms with van der Waals surface area (Å²) in [5.41, 5.74) is 0.561. The summed E-state index contributed by atoms with van der Waals surface area (Å²) in [5, 5.41) is 5.03. The van der Waals surface area contributed by atoms with Crippen LogP contribution in [-0.2, 0) is 16.4 Å². The molecule has 17 heavy (non-hydrogen) atoms. The summed E-state index contributed by atoms with van der Waals surface area (Å²) >= 11 is 5.94. The van der Waals surface area contributed by atoms with Crippen LogP contribution in [0, 0.1) is 6.92 Å². The summed E-state index contributed by atoms with van der Waals surface area (Å²) in [5.74, 6) is 0.549. The molecule has 6 nitrogen and oxygen atoms in total. The second-order valence-electron chi connectivity index (χ2n) is 3.80. The molecule has 0 aromatic carbocycles. The van der Waals surface area contributed by atoms with Crippen LogP contribution >= 0.6 is 11.6 Å². The fraction of sp³-hybridized carbons (Fsp3) is 0.444. The van der Waals surface area contributed by atoms with Crippen molar-refractivity contribution in [1.29, 1.82) is 0 Å². The zero-order valence-corrected chi connectivity index (χ0v) is 11.0. The molecule has 92 valence electrons. The van der Waals surface area contributed by atoms with Crippen molar-refractivity contribution in [3.8, 4) is 0 Å². The monoisotopic (exact) mass is 274 g/mol. The van der Waals surface area contributed by atoms with Gasteiger partial charge in [-0.15, -0.1) is 0 Å². The molecular weight excluding hydrogens is 264 g/mol. The molecule has 0 atom stereocenters. The Balaban J connectivity index is 2.42. The molecule has 0 saturated carbocycles. The van der Waals surface area contributed by atoms with E-state index in [-0.39, 0.29) is 12.3 Å². The number of hydrogen-bond acceptors (Lipinski definition) is 5. The largest absolute Gasteiger partial charge is 0.246 e. The maximum atomic E-state index is 11.1. The van der Waals surface area contributed by atoms with E-state index in [2.05, 4.69) is 15.1 Å². The first kappa shape index (κ1) is 12.3. The van der Waals surface area contributed by atoms with E-state index < -0.39 is 9.84 Å². The molecule has 2 heterocycles. The highest BCUT2D eigenvalue weighted by Gasteiger charge is 2.11. The Kier molecular flexibility index (Phi) is 3.05. The first-order valence-electron chi connectivity index (χ1n) is 4.90. The van der Waals surface area contributed by atoms with Crippen LogP contribution in [-0.4, -0.2) is 40.2 Å². The van der Waals surface area contributed by atoms with E-state index in [0.29, 0.717) is 22.0 Å². The summed E-state index contributed by atoms with van der Waals surface area (Å²) in [6, 6.07) is 0. The molecule has 2 rings (SSSR count). The van der Waals surface area contributed by atoms with E-state index in [0.717, 1.165) is 0 Å². The average Bonchev–Trinajstić information content (AvgIpc) is 2.57. The van der Waals surface area contributed by atoms with E-state index in [9.17, 15) is 8.42 Å². The highest BCUT2D eigenvalue weighted by atomic mass is 35.5. The molecule has 0 aliphatic heterocycles. The molecule has 2 aromatic rings. The molecular formula is C9H11ClN4O2S. The number of fused-ring (bicyclic) bond motifs is 1. The van der Waals surface area contributed by atoms with Crippen LogP contribution in [0.25, 0.3) is 11.0 Å². The molecule has 0 saturated heterocycles. The zero-order chi connectivity index (χ0) is 12.6. The van der Waals surface area contributed by atoms with E-state index in [4.69, 9.17) is 11.6 Å². The molecule has 0 N–H and O–H groups in total. The smallest absolute Gasteiger partial charge is 0.163 e. The van der Waals surface area contributed by atoms with Crippen molar-refractivity contribution in [2.45, 2.75) is 13.5 Å². The van der Waals surface area contributed by atoms with Crippen molar-refractivity contribution in [3.05, 3.63) is 17.2 Å². The zero-order valence-electron chi connectivity index (χ0n) is 9.38. The molecule has 8 heteroatoms. The van der Waals surface area contributed by atoms with Crippen LogP contribution < -0.4 is 0 Å². The Morgan fingerprint density at radius 3 is 2.76 bits per heavy atom. The number of halogens is 1. The lowest BCUT2D eigenvalue weighted by Gasteiger charge is -2.02. The maximum absolute atomic E-state index is 11.1. The van der Waals surface area contributed by atoms with Crippen LogP contribution in [0.5, 0.6) is 0 Å².